The van der Waals surface area contributed by atoms with Crippen LogP contribution >= 0.6 is 0 Å². The van der Waals surface area contributed by atoms with E-state index in [0.717, 1.165) is 16.8 Å². The Bertz CT molecular complexity index is 544. The van der Waals surface area contributed by atoms with Gasteiger partial charge < -0.3 is 10.0 Å². The average molecular weight is 245 g/mol. The molecular formula is C13H15N3O2. The number of carboxylic acids is 1. The van der Waals surface area contributed by atoms with Crippen molar-refractivity contribution in [1.29, 1.82) is 0 Å². The highest BCUT2D eigenvalue weighted by Gasteiger charge is 2.05. The summed E-state index contributed by atoms with van der Waals surface area (Å²) in [6.45, 7) is -0.115. The van der Waals surface area contributed by atoms with Gasteiger partial charge in [-0.1, -0.05) is 12.1 Å². The highest BCUT2D eigenvalue weighted by atomic mass is 16.4. The molecule has 1 aromatic carbocycles. The van der Waals surface area contributed by atoms with Crippen molar-refractivity contribution in [2.45, 2.75) is 6.54 Å². The number of benzene rings is 1. The molecule has 0 saturated carbocycles. The SMILES string of the molecule is CN(C)c1ccc(-c2cnn(CC(=O)O)c2)cc1. The lowest BCUT2D eigenvalue weighted by atomic mass is 10.1. The van der Waals surface area contributed by atoms with Crippen LogP contribution in [-0.4, -0.2) is 35.0 Å². The molecule has 0 bridgehead atoms. The topological polar surface area (TPSA) is 58.4 Å². The lowest BCUT2D eigenvalue weighted by molar-refractivity contribution is -0.137. The third-order valence-corrected chi connectivity index (χ3v) is 2.65. The van der Waals surface area contributed by atoms with Crippen LogP contribution in [0.25, 0.3) is 11.1 Å². The van der Waals surface area contributed by atoms with Gasteiger partial charge in [-0.15, -0.1) is 0 Å². The molecule has 1 aromatic heterocycles. The van der Waals surface area contributed by atoms with Gasteiger partial charge in [0.25, 0.3) is 0 Å². The van der Waals surface area contributed by atoms with Gasteiger partial charge in [-0.05, 0) is 17.7 Å². The molecule has 1 N–H and O–H groups in total. The summed E-state index contributed by atoms with van der Waals surface area (Å²) in [5.74, 6) is -0.896. The Kier molecular flexibility index (Phi) is 3.32. The number of hydrogen-bond donors (Lipinski definition) is 1. The smallest absolute Gasteiger partial charge is 0.325 e. The Labute approximate surface area is 105 Å². The first-order chi connectivity index (χ1) is 8.56. The molecule has 2 aromatic rings. The van der Waals surface area contributed by atoms with E-state index in [0.29, 0.717) is 0 Å². The van der Waals surface area contributed by atoms with Crippen LogP contribution in [0.15, 0.2) is 36.7 Å². The summed E-state index contributed by atoms with van der Waals surface area (Å²) < 4.78 is 1.41. The van der Waals surface area contributed by atoms with Gasteiger partial charge in [0.05, 0.1) is 6.20 Å². The molecule has 0 unspecified atom stereocenters. The van der Waals surface area contributed by atoms with Crippen molar-refractivity contribution in [1.82, 2.24) is 9.78 Å². The lowest BCUT2D eigenvalue weighted by Gasteiger charge is -2.12. The van der Waals surface area contributed by atoms with E-state index >= 15 is 0 Å². The summed E-state index contributed by atoms with van der Waals surface area (Å²) >= 11 is 0. The van der Waals surface area contributed by atoms with Gasteiger partial charge in [-0.2, -0.15) is 5.10 Å². The fourth-order valence-electron chi connectivity index (χ4n) is 1.69. The zero-order chi connectivity index (χ0) is 13.1. The molecule has 5 heteroatoms. The largest absolute Gasteiger partial charge is 0.480 e. The molecule has 0 aliphatic heterocycles. The van der Waals surface area contributed by atoms with Crippen molar-refractivity contribution in [3.05, 3.63) is 36.7 Å². The molecular weight excluding hydrogens is 230 g/mol. The van der Waals surface area contributed by atoms with Gasteiger partial charge in [0.2, 0.25) is 0 Å². The van der Waals surface area contributed by atoms with E-state index < -0.39 is 5.97 Å². The van der Waals surface area contributed by atoms with Gasteiger partial charge in [0.15, 0.2) is 0 Å². The first-order valence-corrected chi connectivity index (χ1v) is 5.58. The predicted octanol–water partition coefficient (Wildman–Crippen LogP) is 1.70. The molecule has 0 aliphatic rings. The third kappa shape index (κ3) is 2.68. The van der Waals surface area contributed by atoms with Crippen molar-refractivity contribution in [2.24, 2.45) is 0 Å². The highest BCUT2D eigenvalue weighted by molar-refractivity contribution is 5.68. The van der Waals surface area contributed by atoms with E-state index in [1.807, 2.05) is 43.3 Å². The zero-order valence-corrected chi connectivity index (χ0v) is 10.4. The zero-order valence-electron chi connectivity index (χ0n) is 10.4. The Hall–Kier alpha value is -2.30. The molecule has 0 amide bonds. The molecule has 0 radical (unpaired) electrons. The van der Waals surface area contributed by atoms with E-state index in [9.17, 15) is 4.79 Å². The molecule has 0 aliphatic carbocycles. The summed E-state index contributed by atoms with van der Waals surface area (Å²) in [5, 5.41) is 12.7. The highest BCUT2D eigenvalue weighted by Crippen LogP contribution is 2.21. The maximum Gasteiger partial charge on any atom is 0.325 e. The molecule has 0 saturated heterocycles. The standard InChI is InChI=1S/C13H15N3O2/c1-15(2)12-5-3-10(4-6-12)11-7-14-16(8-11)9-13(17)18/h3-8H,9H2,1-2H3,(H,17,18). The van der Waals surface area contributed by atoms with Gasteiger partial charge in [0, 0.05) is 31.5 Å². The van der Waals surface area contributed by atoms with Gasteiger partial charge in [-0.3, -0.25) is 9.48 Å². The number of nitrogens with zero attached hydrogens (tertiary/aromatic N) is 3. The summed E-state index contributed by atoms with van der Waals surface area (Å²) in [4.78, 5) is 12.6. The first kappa shape index (κ1) is 12.2. The van der Waals surface area contributed by atoms with E-state index in [-0.39, 0.29) is 6.54 Å². The minimum absolute atomic E-state index is 0.115. The molecule has 0 spiro atoms. The van der Waals surface area contributed by atoms with Crippen molar-refractivity contribution in [2.75, 3.05) is 19.0 Å². The number of hydrogen-bond acceptors (Lipinski definition) is 3. The van der Waals surface area contributed by atoms with Gasteiger partial charge in [0.1, 0.15) is 6.54 Å². The maximum atomic E-state index is 10.6. The quantitative estimate of drug-likeness (QED) is 0.890. The Morgan fingerprint density at radius 1 is 1.28 bits per heavy atom. The van der Waals surface area contributed by atoms with Crippen LogP contribution in [0.2, 0.25) is 0 Å². The van der Waals surface area contributed by atoms with E-state index in [4.69, 9.17) is 5.11 Å². The van der Waals surface area contributed by atoms with Crippen molar-refractivity contribution in [3.8, 4) is 11.1 Å². The number of carbonyl (C=O) groups is 1. The first-order valence-electron chi connectivity index (χ1n) is 5.58. The van der Waals surface area contributed by atoms with Crippen LogP contribution in [0.4, 0.5) is 5.69 Å². The normalized spacial score (nSPS) is 10.3. The predicted molar refractivity (Wildman–Crippen MR) is 69.6 cm³/mol. The Balaban J connectivity index is 2.20. The molecule has 5 nitrogen and oxygen atoms in total. The monoisotopic (exact) mass is 245 g/mol. The number of aliphatic carboxylic acids is 1. The van der Waals surface area contributed by atoms with E-state index in [1.165, 1.54) is 4.68 Å². The van der Waals surface area contributed by atoms with Crippen molar-refractivity contribution >= 4 is 11.7 Å². The second kappa shape index (κ2) is 4.91. The molecule has 1 heterocycles. The number of rotatable bonds is 4. The molecule has 0 fully saturated rings. The maximum absolute atomic E-state index is 10.6. The van der Waals surface area contributed by atoms with Crippen LogP contribution in [0.5, 0.6) is 0 Å². The fraction of sp³-hybridized carbons (Fsp3) is 0.231. The fourth-order valence-corrected chi connectivity index (χ4v) is 1.69. The average Bonchev–Trinajstić information content (AvgIpc) is 2.76. The van der Waals surface area contributed by atoms with Crippen LogP contribution < -0.4 is 4.90 Å². The van der Waals surface area contributed by atoms with Crippen LogP contribution in [0.3, 0.4) is 0 Å². The minimum atomic E-state index is -0.896. The number of anilines is 1. The molecule has 0 atom stereocenters. The number of aromatic nitrogens is 2. The molecule has 2 rings (SSSR count). The lowest BCUT2D eigenvalue weighted by Crippen LogP contribution is -2.08. The third-order valence-electron chi connectivity index (χ3n) is 2.65. The minimum Gasteiger partial charge on any atom is -0.480 e. The second-order valence-corrected chi connectivity index (χ2v) is 4.26. The van der Waals surface area contributed by atoms with E-state index in [2.05, 4.69) is 5.10 Å². The number of carboxylic acid groups (broad SMARTS) is 1. The van der Waals surface area contributed by atoms with Crippen LogP contribution in [0, 0.1) is 0 Å². The van der Waals surface area contributed by atoms with Gasteiger partial charge in [-0.25, -0.2) is 0 Å². The molecule has 18 heavy (non-hydrogen) atoms. The molecule has 94 valence electrons. The summed E-state index contributed by atoms with van der Waals surface area (Å²) in [6.07, 6.45) is 3.41. The summed E-state index contributed by atoms with van der Waals surface area (Å²) in [5.41, 5.74) is 3.07. The second-order valence-electron chi connectivity index (χ2n) is 4.26. The summed E-state index contributed by atoms with van der Waals surface area (Å²) in [6, 6.07) is 8.03. The van der Waals surface area contributed by atoms with Crippen molar-refractivity contribution < 1.29 is 9.90 Å². The van der Waals surface area contributed by atoms with Crippen LogP contribution in [0.1, 0.15) is 0 Å². The van der Waals surface area contributed by atoms with Crippen LogP contribution in [-0.2, 0) is 11.3 Å². The summed E-state index contributed by atoms with van der Waals surface area (Å²) in [7, 11) is 3.97. The van der Waals surface area contributed by atoms with E-state index in [1.54, 1.807) is 12.4 Å². The van der Waals surface area contributed by atoms with Gasteiger partial charge >= 0.3 is 5.97 Å². The Morgan fingerprint density at radius 3 is 2.50 bits per heavy atom. The Morgan fingerprint density at radius 2 is 1.94 bits per heavy atom. The van der Waals surface area contributed by atoms with Crippen molar-refractivity contribution in [3.63, 3.8) is 0 Å².